The number of aryl methyl sites for hydroxylation is 2. The Morgan fingerprint density at radius 2 is 1.86 bits per heavy atom. The first-order valence-electron chi connectivity index (χ1n) is 9.43. The summed E-state index contributed by atoms with van der Waals surface area (Å²) in [5, 5.41) is 15.2. The van der Waals surface area contributed by atoms with E-state index in [1.165, 1.54) is 0 Å². The van der Waals surface area contributed by atoms with Crippen molar-refractivity contribution in [3.8, 4) is 11.3 Å². The molecule has 0 saturated carbocycles. The van der Waals surface area contributed by atoms with Gasteiger partial charge in [-0.2, -0.15) is 0 Å². The maximum absolute atomic E-state index is 13.2. The molecule has 3 heterocycles. The third-order valence-electron chi connectivity index (χ3n) is 5.46. The number of aromatic nitrogens is 2. The van der Waals surface area contributed by atoms with Crippen LogP contribution in [0.1, 0.15) is 40.1 Å². The van der Waals surface area contributed by atoms with Crippen LogP contribution in [-0.4, -0.2) is 39.1 Å². The standard InChI is InChI=1S/C22H23N3O3/c1-15-4-3-5-18(14-15)22(27)8-12-25(13-9-22)21(26)19-16(2)28-24-20(19)17-6-10-23-11-7-17/h3-7,10-11,14,27H,8-9,12-13H2,1-2H3. The Balaban J connectivity index is 1.55. The van der Waals surface area contributed by atoms with E-state index in [0.29, 0.717) is 42.9 Å². The van der Waals surface area contributed by atoms with E-state index in [-0.39, 0.29) is 5.91 Å². The molecule has 1 aliphatic rings. The highest BCUT2D eigenvalue weighted by molar-refractivity contribution is 6.00. The third-order valence-corrected chi connectivity index (χ3v) is 5.46. The highest BCUT2D eigenvalue weighted by Crippen LogP contribution is 2.34. The highest BCUT2D eigenvalue weighted by Gasteiger charge is 2.37. The number of amides is 1. The number of hydrogen-bond acceptors (Lipinski definition) is 5. The molecular weight excluding hydrogens is 354 g/mol. The Morgan fingerprint density at radius 1 is 1.14 bits per heavy atom. The summed E-state index contributed by atoms with van der Waals surface area (Å²) in [6.07, 6.45) is 4.32. The van der Waals surface area contributed by atoms with Crippen LogP contribution in [0.15, 0.2) is 53.3 Å². The zero-order valence-electron chi connectivity index (χ0n) is 16.1. The Kier molecular flexibility index (Phi) is 4.73. The van der Waals surface area contributed by atoms with E-state index < -0.39 is 5.60 Å². The topological polar surface area (TPSA) is 79.5 Å². The second-order valence-electron chi connectivity index (χ2n) is 7.39. The predicted octanol–water partition coefficient (Wildman–Crippen LogP) is 3.48. The molecule has 3 aromatic rings. The first-order valence-corrected chi connectivity index (χ1v) is 9.43. The van der Waals surface area contributed by atoms with Crippen LogP contribution < -0.4 is 0 Å². The van der Waals surface area contributed by atoms with Crippen molar-refractivity contribution >= 4 is 5.91 Å². The van der Waals surface area contributed by atoms with Gasteiger partial charge in [0.15, 0.2) is 0 Å². The summed E-state index contributed by atoms with van der Waals surface area (Å²) in [5.74, 6) is 0.383. The normalized spacial score (nSPS) is 16.2. The van der Waals surface area contributed by atoms with Gasteiger partial charge in [0.05, 0.1) is 5.60 Å². The van der Waals surface area contributed by atoms with Gasteiger partial charge in [-0.1, -0.05) is 35.0 Å². The third kappa shape index (κ3) is 3.31. The molecule has 1 N–H and O–H groups in total. The van der Waals surface area contributed by atoms with E-state index in [1.807, 2.05) is 31.2 Å². The molecule has 0 spiro atoms. The number of carbonyl (C=O) groups is 1. The van der Waals surface area contributed by atoms with Crippen molar-refractivity contribution in [3.05, 3.63) is 71.2 Å². The molecule has 0 unspecified atom stereocenters. The summed E-state index contributed by atoms with van der Waals surface area (Å²) >= 11 is 0. The van der Waals surface area contributed by atoms with Gasteiger partial charge in [0.2, 0.25) is 0 Å². The summed E-state index contributed by atoms with van der Waals surface area (Å²) in [5.41, 5.74) is 2.94. The molecule has 28 heavy (non-hydrogen) atoms. The van der Waals surface area contributed by atoms with Crippen LogP contribution in [0.25, 0.3) is 11.3 Å². The van der Waals surface area contributed by atoms with E-state index in [0.717, 1.165) is 16.7 Å². The Hall–Kier alpha value is -2.99. The van der Waals surface area contributed by atoms with E-state index in [2.05, 4.69) is 10.1 Å². The average Bonchev–Trinajstić information content (AvgIpc) is 3.10. The van der Waals surface area contributed by atoms with Gasteiger partial charge in [-0.25, -0.2) is 0 Å². The smallest absolute Gasteiger partial charge is 0.259 e. The van der Waals surface area contributed by atoms with Crippen molar-refractivity contribution in [2.75, 3.05) is 13.1 Å². The minimum absolute atomic E-state index is 0.114. The maximum Gasteiger partial charge on any atom is 0.259 e. The lowest BCUT2D eigenvalue weighted by Crippen LogP contribution is -2.45. The van der Waals surface area contributed by atoms with Crippen molar-refractivity contribution in [1.82, 2.24) is 15.0 Å². The summed E-state index contributed by atoms with van der Waals surface area (Å²) in [6.45, 7) is 4.71. The molecule has 2 aromatic heterocycles. The summed E-state index contributed by atoms with van der Waals surface area (Å²) in [7, 11) is 0. The number of benzene rings is 1. The lowest BCUT2D eigenvalue weighted by Gasteiger charge is -2.38. The van der Waals surface area contributed by atoms with Gasteiger partial charge >= 0.3 is 0 Å². The molecule has 1 saturated heterocycles. The van der Waals surface area contributed by atoms with Crippen LogP contribution in [-0.2, 0) is 5.60 Å². The Labute approximate surface area is 163 Å². The van der Waals surface area contributed by atoms with Crippen LogP contribution in [0.5, 0.6) is 0 Å². The molecule has 1 amide bonds. The number of carbonyl (C=O) groups excluding carboxylic acids is 1. The summed E-state index contributed by atoms with van der Waals surface area (Å²) < 4.78 is 5.32. The Bertz CT molecular complexity index is 989. The summed E-state index contributed by atoms with van der Waals surface area (Å²) in [4.78, 5) is 19.0. The van der Waals surface area contributed by atoms with Crippen molar-refractivity contribution < 1.29 is 14.4 Å². The SMILES string of the molecule is Cc1cccc(C2(O)CCN(C(=O)c3c(-c4ccncc4)noc3C)CC2)c1. The fourth-order valence-corrected chi connectivity index (χ4v) is 3.79. The first kappa shape index (κ1) is 18.4. The van der Waals surface area contributed by atoms with Crippen LogP contribution >= 0.6 is 0 Å². The quantitative estimate of drug-likeness (QED) is 0.756. The highest BCUT2D eigenvalue weighted by atomic mass is 16.5. The van der Waals surface area contributed by atoms with E-state index in [1.54, 1.807) is 36.4 Å². The van der Waals surface area contributed by atoms with Crippen LogP contribution in [0.2, 0.25) is 0 Å². The molecule has 4 rings (SSSR count). The van der Waals surface area contributed by atoms with Gasteiger partial charge in [-0.3, -0.25) is 9.78 Å². The van der Waals surface area contributed by atoms with Gasteiger partial charge in [-0.05, 0) is 44.4 Å². The summed E-state index contributed by atoms with van der Waals surface area (Å²) in [6, 6.07) is 11.6. The monoisotopic (exact) mass is 377 g/mol. The molecule has 1 aliphatic heterocycles. The molecule has 0 radical (unpaired) electrons. The van der Waals surface area contributed by atoms with E-state index in [9.17, 15) is 9.90 Å². The predicted molar refractivity (Wildman–Crippen MR) is 105 cm³/mol. The number of piperidine rings is 1. The molecule has 1 aromatic carbocycles. The minimum atomic E-state index is -0.902. The zero-order valence-corrected chi connectivity index (χ0v) is 16.1. The number of hydrogen-bond donors (Lipinski definition) is 1. The number of aliphatic hydroxyl groups is 1. The van der Waals surface area contributed by atoms with Crippen LogP contribution in [0.4, 0.5) is 0 Å². The number of rotatable bonds is 3. The van der Waals surface area contributed by atoms with Gasteiger partial charge in [0.25, 0.3) is 5.91 Å². The van der Waals surface area contributed by atoms with Crippen molar-refractivity contribution in [1.29, 1.82) is 0 Å². The molecule has 0 atom stereocenters. The van der Waals surface area contributed by atoms with Gasteiger partial charge in [0.1, 0.15) is 17.0 Å². The van der Waals surface area contributed by atoms with Gasteiger partial charge < -0.3 is 14.5 Å². The average molecular weight is 377 g/mol. The lowest BCUT2D eigenvalue weighted by atomic mass is 9.83. The molecule has 1 fully saturated rings. The van der Waals surface area contributed by atoms with Crippen LogP contribution in [0.3, 0.4) is 0 Å². The van der Waals surface area contributed by atoms with Crippen LogP contribution in [0, 0.1) is 13.8 Å². The van der Waals surface area contributed by atoms with Crippen molar-refractivity contribution in [2.24, 2.45) is 0 Å². The fraction of sp³-hybridized carbons (Fsp3) is 0.318. The molecule has 6 nitrogen and oxygen atoms in total. The molecule has 0 aliphatic carbocycles. The number of nitrogens with zero attached hydrogens (tertiary/aromatic N) is 3. The van der Waals surface area contributed by atoms with Crippen molar-refractivity contribution in [2.45, 2.75) is 32.3 Å². The largest absolute Gasteiger partial charge is 0.385 e. The molecule has 6 heteroatoms. The minimum Gasteiger partial charge on any atom is -0.385 e. The van der Waals surface area contributed by atoms with E-state index in [4.69, 9.17) is 4.52 Å². The van der Waals surface area contributed by atoms with Crippen molar-refractivity contribution in [3.63, 3.8) is 0 Å². The second kappa shape index (κ2) is 7.20. The number of pyridine rings is 1. The second-order valence-corrected chi connectivity index (χ2v) is 7.39. The molecule has 144 valence electrons. The fourth-order valence-electron chi connectivity index (χ4n) is 3.79. The zero-order chi connectivity index (χ0) is 19.7. The molecule has 0 bridgehead atoms. The van der Waals surface area contributed by atoms with Gasteiger partial charge in [0, 0.05) is 31.0 Å². The Morgan fingerprint density at radius 3 is 2.54 bits per heavy atom. The maximum atomic E-state index is 13.2. The number of likely N-dealkylation sites (tertiary alicyclic amines) is 1. The van der Waals surface area contributed by atoms with E-state index >= 15 is 0 Å². The van der Waals surface area contributed by atoms with Gasteiger partial charge in [-0.15, -0.1) is 0 Å². The lowest BCUT2D eigenvalue weighted by molar-refractivity contribution is -0.0211. The first-order chi connectivity index (χ1) is 13.5. The molecular formula is C22H23N3O3.